The van der Waals surface area contributed by atoms with Crippen molar-refractivity contribution >= 4 is 29.1 Å². The first-order valence-electron chi connectivity index (χ1n) is 9.74. The second kappa shape index (κ2) is 8.07. The van der Waals surface area contributed by atoms with Crippen molar-refractivity contribution in [3.63, 3.8) is 0 Å². The van der Waals surface area contributed by atoms with Crippen molar-refractivity contribution < 1.29 is 14.4 Å². The van der Waals surface area contributed by atoms with Gasteiger partial charge in [0.2, 0.25) is 11.8 Å². The SMILES string of the molecule is Cc1ccccc1N1C[C@H](C(=O)Nc2ccccc2C(=O)NC(C)(C)C)CC1=O. The van der Waals surface area contributed by atoms with Crippen LogP contribution in [0.4, 0.5) is 11.4 Å². The molecule has 0 unspecified atom stereocenters. The molecule has 2 aromatic carbocycles. The highest BCUT2D eigenvalue weighted by atomic mass is 16.2. The number of carbonyl (C=O) groups is 3. The number of aryl methyl sites for hydroxylation is 1. The number of para-hydroxylation sites is 2. The smallest absolute Gasteiger partial charge is 0.253 e. The van der Waals surface area contributed by atoms with Gasteiger partial charge in [-0.1, -0.05) is 30.3 Å². The average molecular weight is 393 g/mol. The zero-order chi connectivity index (χ0) is 21.2. The molecule has 1 saturated heterocycles. The molecule has 1 aliphatic rings. The van der Waals surface area contributed by atoms with Gasteiger partial charge in [0.25, 0.3) is 5.91 Å². The molecule has 6 nitrogen and oxygen atoms in total. The van der Waals surface area contributed by atoms with Crippen LogP contribution in [0.5, 0.6) is 0 Å². The molecule has 0 aromatic heterocycles. The third-order valence-corrected chi connectivity index (χ3v) is 4.82. The van der Waals surface area contributed by atoms with Crippen molar-refractivity contribution in [3.8, 4) is 0 Å². The number of amides is 3. The van der Waals surface area contributed by atoms with Gasteiger partial charge >= 0.3 is 0 Å². The first-order chi connectivity index (χ1) is 13.7. The number of anilines is 2. The third kappa shape index (κ3) is 4.83. The molecule has 0 spiro atoms. The fraction of sp³-hybridized carbons (Fsp3) is 0.348. The lowest BCUT2D eigenvalue weighted by Crippen LogP contribution is -2.41. The number of nitrogens with zero attached hydrogens (tertiary/aromatic N) is 1. The summed E-state index contributed by atoms with van der Waals surface area (Å²) in [5.74, 6) is -1.05. The maximum absolute atomic E-state index is 12.9. The number of carbonyl (C=O) groups excluding carboxylic acids is 3. The van der Waals surface area contributed by atoms with Gasteiger partial charge in [-0.15, -0.1) is 0 Å². The summed E-state index contributed by atoms with van der Waals surface area (Å²) in [4.78, 5) is 39.6. The zero-order valence-electron chi connectivity index (χ0n) is 17.3. The van der Waals surface area contributed by atoms with Gasteiger partial charge in [0.1, 0.15) is 0 Å². The van der Waals surface area contributed by atoms with E-state index < -0.39 is 5.92 Å². The van der Waals surface area contributed by atoms with Gasteiger partial charge in [-0.2, -0.15) is 0 Å². The van der Waals surface area contributed by atoms with Crippen LogP contribution < -0.4 is 15.5 Å². The van der Waals surface area contributed by atoms with Gasteiger partial charge in [-0.3, -0.25) is 14.4 Å². The van der Waals surface area contributed by atoms with Crippen molar-refractivity contribution in [3.05, 3.63) is 59.7 Å². The van der Waals surface area contributed by atoms with E-state index in [0.29, 0.717) is 17.8 Å². The Kier molecular flexibility index (Phi) is 5.73. The number of hydrogen-bond acceptors (Lipinski definition) is 3. The highest BCUT2D eigenvalue weighted by Gasteiger charge is 2.36. The minimum absolute atomic E-state index is 0.0711. The second-order valence-corrected chi connectivity index (χ2v) is 8.43. The highest BCUT2D eigenvalue weighted by molar-refractivity contribution is 6.07. The minimum atomic E-state index is -0.471. The van der Waals surface area contributed by atoms with E-state index in [1.54, 1.807) is 29.2 Å². The Morgan fingerprint density at radius 2 is 1.69 bits per heavy atom. The number of benzene rings is 2. The van der Waals surface area contributed by atoms with Gasteiger partial charge in [-0.05, 0) is 51.5 Å². The van der Waals surface area contributed by atoms with E-state index in [1.165, 1.54) is 0 Å². The van der Waals surface area contributed by atoms with Gasteiger partial charge in [0.15, 0.2) is 0 Å². The molecule has 0 aliphatic carbocycles. The summed E-state index contributed by atoms with van der Waals surface area (Å²) in [6.07, 6.45) is 0.149. The van der Waals surface area contributed by atoms with E-state index >= 15 is 0 Å². The van der Waals surface area contributed by atoms with Crippen LogP contribution in [-0.4, -0.2) is 29.8 Å². The fourth-order valence-electron chi connectivity index (χ4n) is 3.42. The van der Waals surface area contributed by atoms with Crippen LogP contribution in [0.15, 0.2) is 48.5 Å². The Morgan fingerprint density at radius 3 is 2.38 bits per heavy atom. The van der Waals surface area contributed by atoms with E-state index in [9.17, 15) is 14.4 Å². The fourth-order valence-corrected chi connectivity index (χ4v) is 3.42. The molecule has 6 heteroatoms. The van der Waals surface area contributed by atoms with Crippen LogP contribution in [0.1, 0.15) is 43.1 Å². The highest BCUT2D eigenvalue weighted by Crippen LogP contribution is 2.28. The average Bonchev–Trinajstić information content (AvgIpc) is 3.03. The summed E-state index contributed by atoms with van der Waals surface area (Å²) >= 11 is 0. The normalized spacial score (nSPS) is 16.6. The quantitative estimate of drug-likeness (QED) is 0.834. The lowest BCUT2D eigenvalue weighted by Gasteiger charge is -2.22. The summed E-state index contributed by atoms with van der Waals surface area (Å²) in [6.45, 7) is 7.97. The van der Waals surface area contributed by atoms with Crippen LogP contribution >= 0.6 is 0 Å². The Hall–Kier alpha value is -3.15. The van der Waals surface area contributed by atoms with E-state index in [1.807, 2.05) is 52.0 Å². The van der Waals surface area contributed by atoms with Gasteiger partial charge in [-0.25, -0.2) is 0 Å². The summed E-state index contributed by atoms with van der Waals surface area (Å²) in [6, 6.07) is 14.5. The predicted octanol–water partition coefficient (Wildman–Crippen LogP) is 3.51. The van der Waals surface area contributed by atoms with E-state index in [0.717, 1.165) is 11.3 Å². The maximum atomic E-state index is 12.9. The maximum Gasteiger partial charge on any atom is 0.253 e. The molecule has 2 aromatic rings. The largest absolute Gasteiger partial charge is 0.347 e. The number of nitrogens with one attached hydrogen (secondary N) is 2. The van der Waals surface area contributed by atoms with Crippen molar-refractivity contribution in [2.24, 2.45) is 5.92 Å². The summed E-state index contributed by atoms with van der Waals surface area (Å²) in [5, 5.41) is 5.76. The summed E-state index contributed by atoms with van der Waals surface area (Å²) in [5.41, 5.74) is 2.28. The molecule has 0 radical (unpaired) electrons. The van der Waals surface area contributed by atoms with E-state index in [2.05, 4.69) is 10.6 Å². The van der Waals surface area contributed by atoms with Crippen molar-refractivity contribution in [1.29, 1.82) is 0 Å². The molecule has 1 heterocycles. The Labute approximate surface area is 171 Å². The molecule has 2 N–H and O–H groups in total. The topological polar surface area (TPSA) is 78.5 Å². The monoisotopic (exact) mass is 393 g/mol. The zero-order valence-corrected chi connectivity index (χ0v) is 17.3. The molecule has 3 rings (SSSR count). The van der Waals surface area contributed by atoms with Crippen LogP contribution in [0.2, 0.25) is 0 Å². The van der Waals surface area contributed by atoms with Crippen LogP contribution in [0.3, 0.4) is 0 Å². The van der Waals surface area contributed by atoms with Gasteiger partial charge in [0, 0.05) is 24.2 Å². The molecule has 0 bridgehead atoms. The molecule has 152 valence electrons. The number of hydrogen-bond donors (Lipinski definition) is 2. The molecule has 3 amide bonds. The van der Waals surface area contributed by atoms with Crippen LogP contribution in [0, 0.1) is 12.8 Å². The molecule has 1 aliphatic heterocycles. The predicted molar refractivity (Wildman–Crippen MR) is 114 cm³/mol. The van der Waals surface area contributed by atoms with Gasteiger partial charge in [0.05, 0.1) is 17.2 Å². The summed E-state index contributed by atoms with van der Waals surface area (Å²) < 4.78 is 0. The Balaban J connectivity index is 1.74. The Morgan fingerprint density at radius 1 is 1.03 bits per heavy atom. The molecule has 0 saturated carbocycles. The van der Waals surface area contributed by atoms with Crippen LogP contribution in [-0.2, 0) is 9.59 Å². The molecule has 1 fully saturated rings. The molecule has 1 atom stereocenters. The summed E-state index contributed by atoms with van der Waals surface area (Å²) in [7, 11) is 0. The second-order valence-electron chi connectivity index (χ2n) is 8.43. The molecular formula is C23H27N3O3. The third-order valence-electron chi connectivity index (χ3n) is 4.82. The lowest BCUT2D eigenvalue weighted by atomic mass is 10.1. The van der Waals surface area contributed by atoms with Crippen molar-refractivity contribution in [2.45, 2.75) is 39.7 Å². The lowest BCUT2D eigenvalue weighted by molar-refractivity contribution is -0.122. The molecular weight excluding hydrogens is 366 g/mol. The Bertz CT molecular complexity index is 946. The molecule has 29 heavy (non-hydrogen) atoms. The van der Waals surface area contributed by atoms with Crippen LogP contribution in [0.25, 0.3) is 0 Å². The van der Waals surface area contributed by atoms with Gasteiger partial charge < -0.3 is 15.5 Å². The number of rotatable bonds is 4. The standard InChI is InChI=1S/C23H27N3O3/c1-15-9-5-8-12-19(15)26-14-16(13-20(26)27)21(28)24-18-11-7-6-10-17(18)22(29)25-23(2,3)4/h5-12,16H,13-14H2,1-4H3,(H,24,28)(H,25,29)/t16-/m1/s1. The minimum Gasteiger partial charge on any atom is -0.347 e. The van der Waals surface area contributed by atoms with E-state index in [4.69, 9.17) is 0 Å². The first kappa shape index (κ1) is 20.6. The van der Waals surface area contributed by atoms with Crippen molar-refractivity contribution in [1.82, 2.24) is 5.32 Å². The first-order valence-corrected chi connectivity index (χ1v) is 9.74. The van der Waals surface area contributed by atoms with E-state index in [-0.39, 0.29) is 29.7 Å². The van der Waals surface area contributed by atoms with Crippen molar-refractivity contribution in [2.75, 3.05) is 16.8 Å².